The van der Waals surface area contributed by atoms with Crippen molar-refractivity contribution in [1.82, 2.24) is 10.6 Å². The minimum atomic E-state index is -1.80. The highest BCUT2D eigenvalue weighted by Gasteiger charge is 2.34. The minimum absolute atomic E-state index is 0.155. The Morgan fingerprint density at radius 3 is 1.62 bits per heavy atom. The maximum absolute atomic E-state index is 12.4. The quantitative estimate of drug-likeness (QED) is 0.0596. The second-order valence-electron chi connectivity index (χ2n) is 9.39. The van der Waals surface area contributed by atoms with E-state index in [9.17, 15) is 9.59 Å². The van der Waals surface area contributed by atoms with Gasteiger partial charge in [-0.25, -0.2) is 0 Å². The van der Waals surface area contributed by atoms with Crippen LogP contribution in [-0.2, 0) is 9.59 Å². The first-order chi connectivity index (χ1) is 17.6. The maximum atomic E-state index is 12.4. The van der Waals surface area contributed by atoms with Gasteiger partial charge < -0.3 is 21.3 Å². The summed E-state index contributed by atoms with van der Waals surface area (Å²) in [4.78, 5) is 23.6. The van der Waals surface area contributed by atoms with Gasteiger partial charge in [-0.3, -0.25) is 9.59 Å². The standard InChI is InChI=1S/C27H43Cl3N4O2S/c1-3-4-5-6-7-8-9-10-11-12-13-14-15-16-24(36)33-25(27(28,29)30)34-26(37)32-23-19-17-22(18-20-23)31-21(2)35/h17-20,25H,3-16H2,1-2H3,(H,31,35)(H,33,36)(H2,32,34,37). The molecule has 37 heavy (non-hydrogen) atoms. The molecular formula is C27H43Cl3N4O2S. The summed E-state index contributed by atoms with van der Waals surface area (Å²) in [5.41, 5.74) is 1.34. The number of anilines is 2. The number of halogens is 3. The molecule has 0 aromatic heterocycles. The summed E-state index contributed by atoms with van der Waals surface area (Å²) < 4.78 is -1.80. The molecule has 6 nitrogen and oxygen atoms in total. The third kappa shape index (κ3) is 17.8. The van der Waals surface area contributed by atoms with Crippen LogP contribution in [0.4, 0.5) is 11.4 Å². The lowest BCUT2D eigenvalue weighted by Crippen LogP contribution is -2.56. The predicted octanol–water partition coefficient (Wildman–Crippen LogP) is 8.23. The summed E-state index contributed by atoms with van der Waals surface area (Å²) in [5.74, 6) is -0.354. The van der Waals surface area contributed by atoms with Gasteiger partial charge >= 0.3 is 0 Å². The lowest BCUT2D eigenvalue weighted by molar-refractivity contribution is -0.122. The van der Waals surface area contributed by atoms with Crippen LogP contribution in [0.5, 0.6) is 0 Å². The molecular weight excluding hydrogens is 551 g/mol. The van der Waals surface area contributed by atoms with Crippen molar-refractivity contribution in [2.45, 2.75) is 114 Å². The zero-order chi connectivity index (χ0) is 27.5. The highest BCUT2D eigenvalue weighted by molar-refractivity contribution is 7.80. The molecule has 0 bridgehead atoms. The molecule has 0 aliphatic heterocycles. The van der Waals surface area contributed by atoms with Gasteiger partial charge in [0.25, 0.3) is 0 Å². The smallest absolute Gasteiger partial charge is 0.228 e. The number of hydrogen-bond acceptors (Lipinski definition) is 3. The number of carbonyl (C=O) groups is 2. The molecule has 1 unspecified atom stereocenters. The van der Waals surface area contributed by atoms with Crippen molar-refractivity contribution in [2.24, 2.45) is 0 Å². The highest BCUT2D eigenvalue weighted by atomic mass is 35.6. The van der Waals surface area contributed by atoms with E-state index in [0.717, 1.165) is 19.3 Å². The SMILES string of the molecule is CCCCCCCCCCCCCCCC(=O)NC(NC(=S)Nc1ccc(NC(C)=O)cc1)C(Cl)(Cl)Cl. The predicted molar refractivity (Wildman–Crippen MR) is 163 cm³/mol. The number of thiocarbonyl (C=S) groups is 1. The highest BCUT2D eigenvalue weighted by Crippen LogP contribution is 2.29. The first kappa shape index (κ1) is 33.7. The van der Waals surface area contributed by atoms with Crippen LogP contribution in [0.15, 0.2) is 24.3 Å². The number of benzene rings is 1. The van der Waals surface area contributed by atoms with Gasteiger partial charge in [0.2, 0.25) is 15.6 Å². The Morgan fingerprint density at radius 2 is 1.19 bits per heavy atom. The van der Waals surface area contributed by atoms with Gasteiger partial charge in [0.1, 0.15) is 6.17 Å². The van der Waals surface area contributed by atoms with E-state index in [1.807, 2.05) is 0 Å². The van der Waals surface area contributed by atoms with Crippen LogP contribution in [0.2, 0.25) is 0 Å². The van der Waals surface area contributed by atoms with Crippen molar-refractivity contribution in [3.05, 3.63) is 24.3 Å². The van der Waals surface area contributed by atoms with Crippen molar-refractivity contribution >= 4 is 75.3 Å². The maximum Gasteiger partial charge on any atom is 0.228 e. The van der Waals surface area contributed by atoms with Crippen LogP contribution in [0, 0.1) is 0 Å². The Kier molecular flexibility index (Phi) is 18.0. The molecule has 0 fully saturated rings. The van der Waals surface area contributed by atoms with Crippen molar-refractivity contribution in [1.29, 1.82) is 0 Å². The van der Waals surface area contributed by atoms with Crippen molar-refractivity contribution < 1.29 is 9.59 Å². The Hall–Kier alpha value is -1.28. The Morgan fingerprint density at radius 1 is 0.757 bits per heavy atom. The molecule has 0 saturated heterocycles. The average molecular weight is 594 g/mol. The van der Waals surface area contributed by atoms with Gasteiger partial charge in [0.05, 0.1) is 0 Å². The fourth-order valence-corrected chi connectivity index (χ4v) is 4.44. The van der Waals surface area contributed by atoms with Crippen LogP contribution in [0.25, 0.3) is 0 Å². The van der Waals surface area contributed by atoms with E-state index in [1.165, 1.54) is 71.1 Å². The summed E-state index contributed by atoms with van der Waals surface area (Å²) in [6.07, 6.45) is 15.5. The van der Waals surface area contributed by atoms with Gasteiger partial charge in [-0.1, -0.05) is 119 Å². The van der Waals surface area contributed by atoms with E-state index in [-0.39, 0.29) is 16.9 Å². The van der Waals surface area contributed by atoms with Crippen LogP contribution >= 0.6 is 47.0 Å². The molecule has 1 rings (SSSR count). The van der Waals surface area contributed by atoms with Crippen LogP contribution in [-0.4, -0.2) is 26.9 Å². The molecule has 0 radical (unpaired) electrons. The molecule has 4 N–H and O–H groups in total. The largest absolute Gasteiger partial charge is 0.339 e. The molecule has 1 atom stereocenters. The van der Waals surface area contributed by atoms with Gasteiger partial charge in [0, 0.05) is 24.7 Å². The lowest BCUT2D eigenvalue weighted by atomic mass is 10.0. The molecule has 2 amide bonds. The summed E-state index contributed by atoms with van der Waals surface area (Å²) in [7, 11) is 0. The van der Waals surface area contributed by atoms with Crippen LogP contribution in [0.3, 0.4) is 0 Å². The third-order valence-corrected chi connectivity index (χ3v) is 6.75. The second kappa shape index (κ2) is 19.7. The molecule has 1 aromatic carbocycles. The summed E-state index contributed by atoms with van der Waals surface area (Å²) in [6.45, 7) is 3.69. The van der Waals surface area contributed by atoms with E-state index in [1.54, 1.807) is 24.3 Å². The summed E-state index contributed by atoms with van der Waals surface area (Å²) in [6, 6.07) is 6.96. The molecule has 10 heteroatoms. The molecule has 0 heterocycles. The lowest BCUT2D eigenvalue weighted by Gasteiger charge is -2.27. The number of carbonyl (C=O) groups excluding carboxylic acids is 2. The van der Waals surface area contributed by atoms with E-state index in [4.69, 9.17) is 47.0 Å². The van der Waals surface area contributed by atoms with Crippen LogP contribution < -0.4 is 21.3 Å². The number of amides is 2. The van der Waals surface area contributed by atoms with E-state index in [2.05, 4.69) is 28.2 Å². The van der Waals surface area contributed by atoms with E-state index < -0.39 is 9.96 Å². The Balaban J connectivity index is 2.25. The van der Waals surface area contributed by atoms with E-state index >= 15 is 0 Å². The molecule has 210 valence electrons. The first-order valence-corrected chi connectivity index (χ1v) is 15.0. The number of alkyl halides is 3. The van der Waals surface area contributed by atoms with Gasteiger partial charge in [-0.05, 0) is 42.9 Å². The fourth-order valence-electron chi connectivity index (χ4n) is 3.87. The molecule has 1 aromatic rings. The Labute approximate surface area is 243 Å². The zero-order valence-electron chi connectivity index (χ0n) is 22.1. The second-order valence-corrected chi connectivity index (χ2v) is 12.2. The first-order valence-electron chi connectivity index (χ1n) is 13.4. The van der Waals surface area contributed by atoms with Gasteiger partial charge in [-0.2, -0.15) is 0 Å². The van der Waals surface area contributed by atoms with Gasteiger partial charge in [-0.15, -0.1) is 0 Å². The van der Waals surface area contributed by atoms with Crippen molar-refractivity contribution in [3.63, 3.8) is 0 Å². The minimum Gasteiger partial charge on any atom is -0.339 e. The number of unbranched alkanes of at least 4 members (excludes halogenated alkanes) is 12. The number of hydrogen-bond donors (Lipinski definition) is 4. The Bertz CT molecular complexity index is 804. The third-order valence-electron chi connectivity index (χ3n) is 5.88. The van der Waals surface area contributed by atoms with Crippen LogP contribution in [0.1, 0.15) is 104 Å². The van der Waals surface area contributed by atoms with Crippen molar-refractivity contribution in [3.8, 4) is 0 Å². The normalized spacial score (nSPS) is 12.0. The summed E-state index contributed by atoms with van der Waals surface area (Å²) >= 11 is 23.5. The van der Waals surface area contributed by atoms with Crippen molar-refractivity contribution in [2.75, 3.05) is 10.6 Å². The monoisotopic (exact) mass is 592 g/mol. The zero-order valence-corrected chi connectivity index (χ0v) is 25.2. The summed E-state index contributed by atoms with van der Waals surface area (Å²) in [5, 5.41) is 11.4. The molecule has 0 aliphatic carbocycles. The number of rotatable bonds is 18. The molecule has 0 saturated carbocycles. The number of nitrogens with one attached hydrogen (secondary N) is 4. The molecule has 0 aliphatic rings. The topological polar surface area (TPSA) is 82.3 Å². The van der Waals surface area contributed by atoms with Gasteiger partial charge in [0.15, 0.2) is 5.11 Å². The average Bonchev–Trinajstić information content (AvgIpc) is 2.82. The van der Waals surface area contributed by atoms with E-state index in [0.29, 0.717) is 17.8 Å². The molecule has 0 spiro atoms. The fraction of sp³-hybridized carbons (Fsp3) is 0.667.